The van der Waals surface area contributed by atoms with Gasteiger partial charge in [0.25, 0.3) is 0 Å². The molecule has 0 heterocycles. The van der Waals surface area contributed by atoms with Gasteiger partial charge < -0.3 is 10.6 Å². The van der Waals surface area contributed by atoms with Crippen molar-refractivity contribution >= 4 is 17.7 Å². The molecule has 0 aromatic carbocycles. The van der Waals surface area contributed by atoms with Crippen molar-refractivity contribution in [1.29, 1.82) is 0 Å². The second kappa shape index (κ2) is 7.10. The van der Waals surface area contributed by atoms with Gasteiger partial charge in [-0.3, -0.25) is 4.79 Å². The number of thioether (sulfide) groups is 1. The molecule has 0 aliphatic heterocycles. The molecule has 0 aliphatic rings. The van der Waals surface area contributed by atoms with Gasteiger partial charge in [0.2, 0.25) is 5.91 Å². The molecule has 17 heavy (non-hydrogen) atoms. The quantitative estimate of drug-likeness (QED) is 0.805. The lowest BCUT2D eigenvalue weighted by Crippen LogP contribution is -2.35. The third-order valence-electron chi connectivity index (χ3n) is 2.44. The van der Waals surface area contributed by atoms with Gasteiger partial charge in [0.05, 0.1) is 5.75 Å². The molecule has 102 valence electrons. The van der Waals surface area contributed by atoms with E-state index in [1.54, 1.807) is 0 Å². The summed E-state index contributed by atoms with van der Waals surface area (Å²) in [5, 5.41) is 0. The average Bonchev–Trinajstić information content (AvgIpc) is 2.20. The lowest BCUT2D eigenvalue weighted by atomic mass is 10.0. The number of nitrogens with two attached hydrogens (primary N) is 1. The second-order valence-electron chi connectivity index (χ2n) is 4.25. The van der Waals surface area contributed by atoms with Gasteiger partial charge in [-0.15, -0.1) is 0 Å². The van der Waals surface area contributed by atoms with Crippen LogP contribution in [-0.2, 0) is 4.79 Å². The number of hydrogen-bond acceptors (Lipinski definition) is 3. The summed E-state index contributed by atoms with van der Waals surface area (Å²) in [6.07, 6.45) is 0.594. The number of rotatable bonds is 6. The smallest absolute Gasteiger partial charge is 0.345 e. The summed E-state index contributed by atoms with van der Waals surface area (Å²) < 4.78 is 35.6. The van der Waals surface area contributed by atoms with Crippen LogP contribution in [0.1, 0.15) is 20.3 Å². The fraction of sp³-hybridized carbons (Fsp3) is 0.900. The number of halogens is 3. The van der Waals surface area contributed by atoms with Crippen LogP contribution in [0.15, 0.2) is 0 Å². The Morgan fingerprint density at radius 2 is 1.94 bits per heavy atom. The van der Waals surface area contributed by atoms with E-state index in [0.717, 1.165) is 0 Å². The van der Waals surface area contributed by atoms with Crippen molar-refractivity contribution in [3.05, 3.63) is 0 Å². The normalized spacial score (nSPS) is 13.9. The summed E-state index contributed by atoms with van der Waals surface area (Å²) in [7, 11) is 1.49. The molecule has 0 saturated heterocycles. The summed E-state index contributed by atoms with van der Waals surface area (Å²) >= 11 is -0.312. The van der Waals surface area contributed by atoms with Crippen LogP contribution in [-0.4, -0.2) is 41.7 Å². The minimum Gasteiger partial charge on any atom is -0.345 e. The van der Waals surface area contributed by atoms with Crippen LogP contribution in [0.5, 0.6) is 0 Å². The highest BCUT2D eigenvalue weighted by Crippen LogP contribution is 2.29. The van der Waals surface area contributed by atoms with Gasteiger partial charge in [-0.05, 0) is 24.1 Å². The maximum absolute atomic E-state index is 11.9. The van der Waals surface area contributed by atoms with Crippen molar-refractivity contribution in [2.24, 2.45) is 11.7 Å². The van der Waals surface area contributed by atoms with Gasteiger partial charge in [0.1, 0.15) is 0 Å². The van der Waals surface area contributed by atoms with Gasteiger partial charge in [-0.25, -0.2) is 0 Å². The van der Waals surface area contributed by atoms with Crippen molar-refractivity contribution in [1.82, 2.24) is 4.90 Å². The van der Waals surface area contributed by atoms with Crippen LogP contribution in [0.25, 0.3) is 0 Å². The van der Waals surface area contributed by atoms with Crippen molar-refractivity contribution in [2.75, 3.05) is 19.3 Å². The Kier molecular flexibility index (Phi) is 6.92. The van der Waals surface area contributed by atoms with E-state index in [4.69, 9.17) is 5.73 Å². The fourth-order valence-electron chi connectivity index (χ4n) is 1.05. The first-order valence-corrected chi connectivity index (χ1v) is 6.32. The number of hydrogen-bond donors (Lipinski definition) is 1. The van der Waals surface area contributed by atoms with Crippen LogP contribution < -0.4 is 5.73 Å². The Bertz CT molecular complexity index is 246. The molecule has 3 nitrogen and oxygen atoms in total. The first kappa shape index (κ1) is 16.6. The molecular formula is C10H19F3N2OS. The van der Waals surface area contributed by atoms with Crippen LogP contribution in [0, 0.1) is 5.92 Å². The topological polar surface area (TPSA) is 46.3 Å². The van der Waals surface area contributed by atoms with E-state index in [1.165, 1.54) is 11.9 Å². The maximum Gasteiger partial charge on any atom is 0.442 e. The fourth-order valence-corrected chi connectivity index (χ4v) is 1.56. The Morgan fingerprint density at radius 3 is 2.35 bits per heavy atom. The van der Waals surface area contributed by atoms with Gasteiger partial charge in [-0.1, -0.05) is 13.8 Å². The molecule has 0 bridgehead atoms. The number of alkyl halides is 3. The second-order valence-corrected chi connectivity index (χ2v) is 5.29. The predicted molar refractivity (Wildman–Crippen MR) is 63.6 cm³/mol. The number of carbonyl (C=O) groups is 1. The van der Waals surface area contributed by atoms with E-state index >= 15 is 0 Å². The first-order valence-electron chi connectivity index (χ1n) is 5.33. The van der Waals surface area contributed by atoms with Crippen molar-refractivity contribution in [3.8, 4) is 0 Å². The van der Waals surface area contributed by atoms with E-state index in [1.807, 2.05) is 13.8 Å². The molecular weight excluding hydrogens is 253 g/mol. The molecule has 2 N–H and O–H groups in total. The zero-order chi connectivity index (χ0) is 13.6. The molecule has 1 amide bonds. The zero-order valence-corrected chi connectivity index (χ0v) is 11.1. The van der Waals surface area contributed by atoms with Crippen molar-refractivity contribution < 1.29 is 18.0 Å². The molecule has 0 aliphatic carbocycles. The third kappa shape index (κ3) is 8.31. The highest BCUT2D eigenvalue weighted by molar-refractivity contribution is 8.00. The van der Waals surface area contributed by atoms with Crippen LogP contribution in [0.2, 0.25) is 0 Å². The molecule has 0 aromatic rings. The number of amides is 1. The van der Waals surface area contributed by atoms with Crippen molar-refractivity contribution in [3.63, 3.8) is 0 Å². The van der Waals surface area contributed by atoms with E-state index in [9.17, 15) is 18.0 Å². The van der Waals surface area contributed by atoms with Crippen molar-refractivity contribution in [2.45, 2.75) is 31.8 Å². The lowest BCUT2D eigenvalue weighted by Gasteiger charge is -2.21. The summed E-state index contributed by atoms with van der Waals surface area (Å²) in [4.78, 5) is 12.6. The molecule has 0 fully saturated rings. The summed E-state index contributed by atoms with van der Waals surface area (Å²) in [6, 6.07) is -0.0412. The SMILES string of the molecule is CC(C)C(N)CCN(C)C(=O)CSC(F)(F)F. The largest absolute Gasteiger partial charge is 0.442 e. The van der Waals surface area contributed by atoms with E-state index < -0.39 is 17.2 Å². The summed E-state index contributed by atoms with van der Waals surface area (Å²) in [5.41, 5.74) is 1.43. The predicted octanol–water partition coefficient (Wildman–Crippen LogP) is 2.07. The van der Waals surface area contributed by atoms with E-state index in [0.29, 0.717) is 18.9 Å². The lowest BCUT2D eigenvalue weighted by molar-refractivity contribution is -0.127. The van der Waals surface area contributed by atoms with Gasteiger partial charge >= 0.3 is 5.51 Å². The molecule has 1 atom stereocenters. The third-order valence-corrected chi connectivity index (χ3v) is 3.16. The molecule has 0 rings (SSSR count). The Morgan fingerprint density at radius 1 is 1.41 bits per heavy atom. The maximum atomic E-state index is 11.9. The minimum absolute atomic E-state index is 0.0412. The summed E-state index contributed by atoms with van der Waals surface area (Å²) in [5.74, 6) is -0.803. The molecule has 1 unspecified atom stereocenters. The molecule has 0 aromatic heterocycles. The first-order chi connectivity index (χ1) is 7.63. The van der Waals surface area contributed by atoms with Gasteiger partial charge in [0.15, 0.2) is 0 Å². The standard InChI is InChI=1S/C10H19F3N2OS/c1-7(2)8(14)4-5-15(3)9(16)6-17-10(11,12)13/h7-8H,4-6,14H2,1-3H3. The molecule has 0 spiro atoms. The monoisotopic (exact) mass is 272 g/mol. The Labute approximate surface area is 104 Å². The molecule has 7 heteroatoms. The van der Waals surface area contributed by atoms with E-state index in [2.05, 4.69) is 0 Å². The van der Waals surface area contributed by atoms with Crippen LogP contribution in [0.4, 0.5) is 13.2 Å². The Balaban J connectivity index is 3.90. The average molecular weight is 272 g/mol. The van der Waals surface area contributed by atoms with Crippen LogP contribution in [0.3, 0.4) is 0 Å². The number of nitrogens with zero attached hydrogens (tertiary/aromatic N) is 1. The molecule has 0 radical (unpaired) electrons. The van der Waals surface area contributed by atoms with Gasteiger partial charge in [0, 0.05) is 19.6 Å². The zero-order valence-electron chi connectivity index (χ0n) is 10.3. The molecule has 0 saturated carbocycles. The highest BCUT2D eigenvalue weighted by Gasteiger charge is 2.29. The Hall–Kier alpha value is -0.430. The number of carbonyl (C=O) groups excluding carboxylic acids is 1. The van der Waals surface area contributed by atoms with E-state index in [-0.39, 0.29) is 17.8 Å². The highest BCUT2D eigenvalue weighted by atomic mass is 32.2. The summed E-state index contributed by atoms with van der Waals surface area (Å²) in [6.45, 7) is 4.31. The van der Waals surface area contributed by atoms with Crippen LogP contribution >= 0.6 is 11.8 Å². The minimum atomic E-state index is -4.36. The van der Waals surface area contributed by atoms with Gasteiger partial charge in [-0.2, -0.15) is 13.2 Å².